The molecule has 2 aromatic rings. The number of esters is 1. The highest BCUT2D eigenvalue weighted by Crippen LogP contribution is 2.15. The molecule has 0 aliphatic rings. The molecule has 1 heterocycles. The first-order valence-electron chi connectivity index (χ1n) is 5.76. The second-order valence-corrected chi connectivity index (χ2v) is 4.13. The summed E-state index contributed by atoms with van der Waals surface area (Å²) < 4.78 is 23.0. The summed E-state index contributed by atoms with van der Waals surface area (Å²) in [5.74, 6) is -0.0953. The zero-order valence-electron chi connectivity index (χ0n) is 10.7. The average molecular weight is 263 g/mol. The number of ether oxygens (including phenoxy) is 1. The van der Waals surface area contributed by atoms with Crippen LogP contribution in [-0.2, 0) is 11.3 Å². The van der Waals surface area contributed by atoms with Gasteiger partial charge in [-0.1, -0.05) is 0 Å². The lowest BCUT2D eigenvalue weighted by Gasteiger charge is -2.05. The minimum Gasteiger partial charge on any atom is -0.463 e. The lowest BCUT2D eigenvalue weighted by atomic mass is 10.2. The number of benzene rings is 1. The van der Waals surface area contributed by atoms with Crippen LogP contribution in [0.4, 0.5) is 10.1 Å². The summed E-state index contributed by atoms with van der Waals surface area (Å²) in [5, 5.41) is 3.03. The van der Waals surface area contributed by atoms with E-state index >= 15 is 0 Å². The third-order valence-corrected chi connectivity index (χ3v) is 2.56. The first-order chi connectivity index (χ1) is 9.08. The summed E-state index contributed by atoms with van der Waals surface area (Å²) in [6.45, 7) is 2.18. The maximum atomic E-state index is 13.2. The molecule has 2 rings (SSSR count). The van der Waals surface area contributed by atoms with Crippen molar-refractivity contribution in [3.63, 3.8) is 0 Å². The number of rotatable bonds is 4. The van der Waals surface area contributed by atoms with E-state index in [4.69, 9.17) is 4.42 Å². The summed E-state index contributed by atoms with van der Waals surface area (Å²) in [5.41, 5.74) is 1.49. The van der Waals surface area contributed by atoms with Gasteiger partial charge < -0.3 is 14.5 Å². The van der Waals surface area contributed by atoms with Crippen molar-refractivity contribution in [2.24, 2.45) is 0 Å². The number of furan rings is 1. The quantitative estimate of drug-likeness (QED) is 0.861. The topological polar surface area (TPSA) is 51.5 Å². The molecule has 1 N–H and O–H groups in total. The molecule has 0 radical (unpaired) electrons. The predicted octanol–water partition coefficient (Wildman–Crippen LogP) is 3.13. The van der Waals surface area contributed by atoms with E-state index in [1.807, 2.05) is 13.0 Å². The zero-order valence-corrected chi connectivity index (χ0v) is 10.7. The third-order valence-electron chi connectivity index (χ3n) is 2.56. The highest BCUT2D eigenvalue weighted by atomic mass is 19.1. The van der Waals surface area contributed by atoms with Gasteiger partial charge in [-0.05, 0) is 42.8 Å². The van der Waals surface area contributed by atoms with E-state index in [0.717, 1.165) is 5.56 Å². The first-order valence-corrected chi connectivity index (χ1v) is 5.76. The number of hydrogen-bond donors (Lipinski definition) is 1. The van der Waals surface area contributed by atoms with E-state index in [2.05, 4.69) is 10.1 Å². The van der Waals surface area contributed by atoms with Gasteiger partial charge in [-0.3, -0.25) is 0 Å². The van der Waals surface area contributed by atoms with E-state index < -0.39 is 5.97 Å². The van der Waals surface area contributed by atoms with Crippen molar-refractivity contribution in [3.05, 3.63) is 53.2 Å². The lowest BCUT2D eigenvalue weighted by molar-refractivity contribution is 0.0563. The van der Waals surface area contributed by atoms with Crippen LogP contribution in [-0.4, -0.2) is 13.1 Å². The average Bonchev–Trinajstić information content (AvgIpc) is 2.83. The van der Waals surface area contributed by atoms with Crippen LogP contribution in [0.15, 0.2) is 34.7 Å². The number of carbonyl (C=O) groups is 1. The van der Waals surface area contributed by atoms with Gasteiger partial charge in [-0.15, -0.1) is 0 Å². The fourth-order valence-electron chi connectivity index (χ4n) is 1.71. The number of anilines is 1. The molecule has 0 amide bonds. The molecule has 19 heavy (non-hydrogen) atoms. The second-order valence-electron chi connectivity index (χ2n) is 4.13. The Bertz CT molecular complexity index is 572. The maximum Gasteiger partial charge on any atom is 0.373 e. The smallest absolute Gasteiger partial charge is 0.373 e. The van der Waals surface area contributed by atoms with Gasteiger partial charge in [-0.25, -0.2) is 9.18 Å². The number of aryl methyl sites for hydroxylation is 1. The van der Waals surface area contributed by atoms with Gasteiger partial charge in [0, 0.05) is 5.69 Å². The normalized spacial score (nSPS) is 10.3. The van der Waals surface area contributed by atoms with E-state index in [-0.39, 0.29) is 11.6 Å². The van der Waals surface area contributed by atoms with Crippen LogP contribution in [0.3, 0.4) is 0 Å². The molecule has 1 aromatic carbocycles. The molecule has 0 saturated heterocycles. The van der Waals surface area contributed by atoms with Crippen LogP contribution in [0.2, 0.25) is 0 Å². The minimum absolute atomic E-state index is 0.148. The van der Waals surface area contributed by atoms with Crippen molar-refractivity contribution in [2.75, 3.05) is 12.4 Å². The van der Waals surface area contributed by atoms with Crippen molar-refractivity contribution in [1.29, 1.82) is 0 Å². The second kappa shape index (κ2) is 5.56. The summed E-state index contributed by atoms with van der Waals surface area (Å²) in [7, 11) is 1.29. The fraction of sp³-hybridized carbons (Fsp3) is 0.214. The lowest BCUT2D eigenvalue weighted by Crippen LogP contribution is -2.00. The zero-order chi connectivity index (χ0) is 13.8. The Hall–Kier alpha value is -2.30. The molecule has 1 aromatic heterocycles. The van der Waals surface area contributed by atoms with Crippen LogP contribution in [0.5, 0.6) is 0 Å². The predicted molar refractivity (Wildman–Crippen MR) is 68.5 cm³/mol. The van der Waals surface area contributed by atoms with E-state index in [1.54, 1.807) is 12.1 Å². The van der Waals surface area contributed by atoms with Crippen LogP contribution < -0.4 is 5.32 Å². The molecular weight excluding hydrogens is 249 g/mol. The van der Waals surface area contributed by atoms with Gasteiger partial charge in [-0.2, -0.15) is 0 Å². The van der Waals surface area contributed by atoms with Gasteiger partial charge in [0.25, 0.3) is 0 Å². The first kappa shape index (κ1) is 13.1. The summed E-state index contributed by atoms with van der Waals surface area (Å²) >= 11 is 0. The number of nitrogens with one attached hydrogen (secondary N) is 1. The third kappa shape index (κ3) is 3.34. The number of carbonyl (C=O) groups excluding carboxylic acids is 1. The van der Waals surface area contributed by atoms with Crippen molar-refractivity contribution in [3.8, 4) is 0 Å². The molecule has 0 bridgehead atoms. The van der Waals surface area contributed by atoms with Crippen LogP contribution in [0, 0.1) is 12.7 Å². The molecule has 0 unspecified atom stereocenters. The van der Waals surface area contributed by atoms with Crippen molar-refractivity contribution in [2.45, 2.75) is 13.5 Å². The summed E-state index contributed by atoms with van der Waals surface area (Å²) in [6, 6.07) is 7.89. The molecule has 0 spiro atoms. The van der Waals surface area contributed by atoms with Crippen LogP contribution in [0.25, 0.3) is 0 Å². The molecule has 5 heteroatoms. The van der Waals surface area contributed by atoms with Crippen molar-refractivity contribution >= 4 is 11.7 Å². The van der Waals surface area contributed by atoms with E-state index in [0.29, 0.717) is 18.0 Å². The minimum atomic E-state index is -0.521. The molecule has 4 nitrogen and oxygen atoms in total. The monoisotopic (exact) mass is 263 g/mol. The van der Waals surface area contributed by atoms with Gasteiger partial charge >= 0.3 is 5.97 Å². The molecule has 0 atom stereocenters. The fourth-order valence-corrected chi connectivity index (χ4v) is 1.71. The largest absolute Gasteiger partial charge is 0.463 e. The highest BCUT2D eigenvalue weighted by Gasteiger charge is 2.10. The number of hydrogen-bond acceptors (Lipinski definition) is 4. The van der Waals surface area contributed by atoms with Gasteiger partial charge in [0.15, 0.2) is 0 Å². The van der Waals surface area contributed by atoms with Gasteiger partial charge in [0.05, 0.1) is 13.7 Å². The highest BCUT2D eigenvalue weighted by molar-refractivity contribution is 5.86. The maximum absolute atomic E-state index is 13.2. The molecule has 0 aliphatic heterocycles. The van der Waals surface area contributed by atoms with Crippen LogP contribution in [0.1, 0.15) is 21.9 Å². The van der Waals surface area contributed by atoms with E-state index in [9.17, 15) is 9.18 Å². The Morgan fingerprint density at radius 3 is 2.84 bits per heavy atom. The number of halogens is 1. The Kier molecular flexibility index (Phi) is 3.85. The van der Waals surface area contributed by atoms with Crippen LogP contribution >= 0.6 is 0 Å². The van der Waals surface area contributed by atoms with Crippen molar-refractivity contribution in [1.82, 2.24) is 0 Å². The van der Waals surface area contributed by atoms with E-state index in [1.165, 1.54) is 19.2 Å². The Balaban J connectivity index is 2.02. The standard InChI is InChI=1S/C14H14FNO3/c1-9-5-10(15)7-11(6-9)16-8-12-3-4-13(19-12)14(17)18-2/h3-7,16H,8H2,1-2H3. The number of methoxy groups -OCH3 is 1. The Morgan fingerprint density at radius 2 is 2.16 bits per heavy atom. The molecule has 0 fully saturated rings. The SMILES string of the molecule is COC(=O)c1ccc(CNc2cc(C)cc(F)c2)o1. The molecule has 0 aliphatic carbocycles. The Labute approximate surface area is 110 Å². The summed E-state index contributed by atoms with van der Waals surface area (Å²) in [6.07, 6.45) is 0. The van der Waals surface area contributed by atoms with Crippen molar-refractivity contribution < 1.29 is 18.3 Å². The Morgan fingerprint density at radius 1 is 1.37 bits per heavy atom. The molecule has 100 valence electrons. The van der Waals surface area contributed by atoms with Gasteiger partial charge in [0.2, 0.25) is 5.76 Å². The molecule has 0 saturated carbocycles. The molecular formula is C14H14FNO3. The van der Waals surface area contributed by atoms with Gasteiger partial charge in [0.1, 0.15) is 11.6 Å². The summed E-state index contributed by atoms with van der Waals surface area (Å²) in [4.78, 5) is 11.2.